The predicted molar refractivity (Wildman–Crippen MR) is 51.1 cm³/mol. The van der Waals surface area contributed by atoms with E-state index in [4.69, 9.17) is 4.42 Å². The zero-order chi connectivity index (χ0) is 10.1. The van der Waals surface area contributed by atoms with Crippen LogP contribution >= 0.6 is 0 Å². The molecule has 1 aromatic heterocycles. The Morgan fingerprint density at radius 2 is 1.86 bits per heavy atom. The molecule has 0 saturated carbocycles. The van der Waals surface area contributed by atoms with Crippen LogP contribution in [-0.4, -0.2) is 8.42 Å². The molecular weight excluding hydrogens is 204 g/mol. The van der Waals surface area contributed by atoms with E-state index in [-0.39, 0.29) is 4.90 Å². The lowest BCUT2D eigenvalue weighted by Crippen LogP contribution is -2.04. The van der Waals surface area contributed by atoms with E-state index >= 15 is 0 Å². The highest BCUT2D eigenvalue weighted by atomic mass is 32.2. The largest absolute Gasteiger partial charge is 0.422 e. The molecule has 0 atom stereocenters. The molecule has 2 rings (SSSR count). The second-order valence-corrected chi connectivity index (χ2v) is 3.71. The molecule has 0 unspecified atom stereocenters. The first-order chi connectivity index (χ1) is 6.68. The molecule has 2 aromatic rings. The Bertz CT molecular complexity index is 601. The first kappa shape index (κ1) is 8.96. The molecule has 0 aliphatic rings. The second kappa shape index (κ2) is 3.26. The Labute approximate surface area is 80.7 Å². The molecule has 0 spiro atoms. The van der Waals surface area contributed by atoms with Crippen molar-refractivity contribution in [2.24, 2.45) is 0 Å². The van der Waals surface area contributed by atoms with Gasteiger partial charge in [-0.25, -0.2) is 13.2 Å². The van der Waals surface area contributed by atoms with E-state index in [1.807, 2.05) is 0 Å². The molecule has 0 N–H and O–H groups in total. The van der Waals surface area contributed by atoms with E-state index < -0.39 is 16.3 Å². The maximum absolute atomic E-state index is 11.1. The molecule has 5 heteroatoms. The van der Waals surface area contributed by atoms with Gasteiger partial charge in [-0.15, -0.1) is 0 Å². The van der Waals surface area contributed by atoms with Gasteiger partial charge in [-0.2, -0.15) is 0 Å². The zero-order valence-corrected chi connectivity index (χ0v) is 7.86. The summed E-state index contributed by atoms with van der Waals surface area (Å²) >= 11 is 0. The maximum atomic E-state index is 11.1. The quantitative estimate of drug-likeness (QED) is 0.557. The number of thiol groups is 1. The number of fused-ring (bicyclic) bond motifs is 1. The average Bonchev–Trinajstić information content (AvgIpc) is 2.16. The molecule has 72 valence electrons. The van der Waals surface area contributed by atoms with Crippen molar-refractivity contribution >= 4 is 21.7 Å². The Morgan fingerprint density at radius 3 is 2.57 bits per heavy atom. The molecule has 0 aliphatic heterocycles. The summed E-state index contributed by atoms with van der Waals surface area (Å²) in [6, 6.07) is 8.05. The van der Waals surface area contributed by atoms with Gasteiger partial charge in [-0.1, -0.05) is 18.2 Å². The number of benzene rings is 1. The summed E-state index contributed by atoms with van der Waals surface area (Å²) < 4.78 is 26.1. The van der Waals surface area contributed by atoms with Crippen molar-refractivity contribution in [1.29, 1.82) is 0 Å². The summed E-state index contributed by atoms with van der Waals surface area (Å²) in [5.41, 5.74) is -0.432. The fraction of sp³-hybridized carbons (Fsp3) is 0. The van der Waals surface area contributed by atoms with Gasteiger partial charge in [-0.3, -0.25) is 0 Å². The highest BCUT2D eigenvalue weighted by Gasteiger charge is 2.05. The third-order valence-corrected chi connectivity index (χ3v) is 2.52. The summed E-state index contributed by atoms with van der Waals surface area (Å²) in [6.45, 7) is 0. The molecule has 0 radical (unpaired) electrons. The van der Waals surface area contributed by atoms with Crippen molar-refractivity contribution in [3.8, 4) is 0 Å². The fourth-order valence-electron chi connectivity index (χ4n) is 1.18. The smallest absolute Gasteiger partial charge is 0.354 e. The lowest BCUT2D eigenvalue weighted by Gasteiger charge is -1.95. The topological polar surface area (TPSA) is 64.3 Å². The summed E-state index contributed by atoms with van der Waals surface area (Å²) in [4.78, 5) is 10.8. The SMILES string of the molecule is O=c1oc2ccccc2cc1[SH](=O)=O. The van der Waals surface area contributed by atoms with Gasteiger partial charge >= 0.3 is 5.63 Å². The van der Waals surface area contributed by atoms with Crippen molar-refractivity contribution in [1.82, 2.24) is 0 Å². The van der Waals surface area contributed by atoms with E-state index in [2.05, 4.69) is 0 Å². The van der Waals surface area contributed by atoms with Gasteiger partial charge in [0.05, 0.1) is 0 Å². The van der Waals surface area contributed by atoms with Crippen LogP contribution in [0.3, 0.4) is 0 Å². The van der Waals surface area contributed by atoms with Gasteiger partial charge in [0, 0.05) is 5.39 Å². The van der Waals surface area contributed by atoms with Crippen molar-refractivity contribution < 1.29 is 12.8 Å². The molecule has 0 amide bonds. The highest BCUT2D eigenvalue weighted by molar-refractivity contribution is 7.72. The van der Waals surface area contributed by atoms with Crippen LogP contribution in [0.15, 0.2) is 44.4 Å². The Morgan fingerprint density at radius 1 is 1.14 bits per heavy atom. The van der Waals surface area contributed by atoms with Gasteiger partial charge in [-0.05, 0) is 12.1 Å². The number of para-hydroxylation sites is 1. The minimum atomic E-state index is -2.90. The lowest BCUT2D eigenvalue weighted by atomic mass is 10.2. The van der Waals surface area contributed by atoms with Gasteiger partial charge in [0.25, 0.3) is 0 Å². The molecule has 0 aliphatic carbocycles. The van der Waals surface area contributed by atoms with Crippen LogP contribution in [0, 0.1) is 0 Å². The van der Waals surface area contributed by atoms with Crippen LogP contribution in [0.2, 0.25) is 0 Å². The third kappa shape index (κ3) is 1.42. The predicted octanol–water partition coefficient (Wildman–Crippen LogP) is 0.763. The van der Waals surface area contributed by atoms with Crippen LogP contribution in [-0.2, 0) is 10.7 Å². The van der Waals surface area contributed by atoms with Crippen molar-refractivity contribution in [2.75, 3.05) is 0 Å². The zero-order valence-electron chi connectivity index (χ0n) is 6.97. The summed E-state index contributed by atoms with van der Waals surface area (Å²) in [7, 11) is -2.90. The molecule has 14 heavy (non-hydrogen) atoms. The van der Waals surface area contributed by atoms with Gasteiger partial charge in [0.1, 0.15) is 5.58 Å². The van der Waals surface area contributed by atoms with Gasteiger partial charge in [0.15, 0.2) is 15.6 Å². The minimum Gasteiger partial charge on any atom is -0.422 e. The third-order valence-electron chi connectivity index (χ3n) is 1.82. The molecule has 1 heterocycles. The minimum absolute atomic E-state index is 0.307. The van der Waals surface area contributed by atoms with Crippen LogP contribution in [0.4, 0.5) is 0 Å². The van der Waals surface area contributed by atoms with Crippen LogP contribution in [0.5, 0.6) is 0 Å². The molecular formula is C9H6O4S. The molecule has 0 fully saturated rings. The normalized spacial score (nSPS) is 10.9. The van der Waals surface area contributed by atoms with Crippen molar-refractivity contribution in [3.63, 3.8) is 0 Å². The fourth-order valence-corrected chi connectivity index (χ4v) is 1.62. The Kier molecular flexibility index (Phi) is 2.09. The van der Waals surface area contributed by atoms with E-state index in [1.54, 1.807) is 24.3 Å². The van der Waals surface area contributed by atoms with Crippen LogP contribution in [0.1, 0.15) is 0 Å². The molecule has 1 aromatic carbocycles. The molecule has 4 nitrogen and oxygen atoms in total. The van der Waals surface area contributed by atoms with Crippen LogP contribution in [0.25, 0.3) is 11.0 Å². The summed E-state index contributed by atoms with van der Waals surface area (Å²) in [5, 5.41) is 0.598. The van der Waals surface area contributed by atoms with Crippen LogP contribution < -0.4 is 5.63 Å². The lowest BCUT2D eigenvalue weighted by molar-refractivity contribution is 0.536. The Hall–Kier alpha value is -1.62. The average molecular weight is 210 g/mol. The number of hydrogen-bond donors (Lipinski definition) is 1. The highest BCUT2D eigenvalue weighted by Crippen LogP contribution is 2.12. The van der Waals surface area contributed by atoms with Gasteiger partial charge < -0.3 is 4.42 Å². The van der Waals surface area contributed by atoms with E-state index in [1.165, 1.54) is 6.07 Å². The standard InChI is InChI=1S/C9H6O4S/c10-9-8(14(11)12)5-6-3-1-2-4-7(6)13-9/h1-5,14H. The summed E-state index contributed by atoms with van der Waals surface area (Å²) in [5.74, 6) is 0. The monoisotopic (exact) mass is 210 g/mol. The first-order valence-corrected chi connectivity index (χ1v) is 5.03. The maximum Gasteiger partial charge on any atom is 0.354 e. The summed E-state index contributed by atoms with van der Waals surface area (Å²) in [6.07, 6.45) is 0. The molecule has 0 saturated heterocycles. The van der Waals surface area contributed by atoms with Gasteiger partial charge in [0.2, 0.25) is 0 Å². The van der Waals surface area contributed by atoms with E-state index in [0.717, 1.165) is 0 Å². The Balaban J connectivity index is 2.91. The number of hydrogen-bond acceptors (Lipinski definition) is 4. The molecule has 0 bridgehead atoms. The van der Waals surface area contributed by atoms with E-state index in [0.29, 0.717) is 11.0 Å². The first-order valence-electron chi connectivity index (χ1n) is 3.86. The number of rotatable bonds is 1. The van der Waals surface area contributed by atoms with Crippen molar-refractivity contribution in [2.45, 2.75) is 4.90 Å². The van der Waals surface area contributed by atoms with E-state index in [9.17, 15) is 13.2 Å². The van der Waals surface area contributed by atoms with Crippen molar-refractivity contribution in [3.05, 3.63) is 40.8 Å². The second-order valence-electron chi connectivity index (χ2n) is 2.71.